The number of aromatic nitrogens is 1. The lowest BCUT2D eigenvalue weighted by atomic mass is 10.1. The molecule has 1 aromatic carbocycles. The van der Waals surface area contributed by atoms with Crippen LogP contribution in [0.15, 0.2) is 22.7 Å². The van der Waals surface area contributed by atoms with Gasteiger partial charge in [-0.1, -0.05) is 11.2 Å². The van der Waals surface area contributed by atoms with E-state index in [2.05, 4.69) is 5.16 Å². The number of nitrogens with two attached hydrogens (primary N) is 1. The predicted molar refractivity (Wildman–Crippen MR) is 73.5 cm³/mol. The van der Waals surface area contributed by atoms with Gasteiger partial charge in [-0.15, -0.1) is 0 Å². The van der Waals surface area contributed by atoms with Crippen molar-refractivity contribution in [1.29, 1.82) is 0 Å². The van der Waals surface area contributed by atoms with Crippen LogP contribution in [0.5, 0.6) is 5.75 Å². The van der Waals surface area contributed by atoms with Crippen molar-refractivity contribution < 1.29 is 14.1 Å². The number of ether oxygens (including phenoxy) is 1. The molecule has 1 aliphatic rings. The molecule has 2 heterocycles. The molecule has 1 amide bonds. The molecule has 2 aromatic rings. The first-order valence-corrected chi connectivity index (χ1v) is 6.31. The Balaban J connectivity index is 2.02. The molecular formula is C14H15N3O3. The summed E-state index contributed by atoms with van der Waals surface area (Å²) < 4.78 is 10.6. The number of carbonyl (C=O) groups is 1. The monoisotopic (exact) mass is 273 g/mol. The summed E-state index contributed by atoms with van der Waals surface area (Å²) in [6.45, 7) is 4.09. The Morgan fingerprint density at radius 2 is 2.20 bits per heavy atom. The van der Waals surface area contributed by atoms with Crippen LogP contribution in [0.3, 0.4) is 0 Å². The summed E-state index contributed by atoms with van der Waals surface area (Å²) in [6.07, 6.45) is 0. The fourth-order valence-electron chi connectivity index (χ4n) is 2.32. The molecule has 6 heteroatoms. The lowest BCUT2D eigenvalue weighted by molar-refractivity contribution is -0.121. The summed E-state index contributed by atoms with van der Waals surface area (Å²) in [5.74, 6) is 1.16. The summed E-state index contributed by atoms with van der Waals surface area (Å²) in [5.41, 5.74) is 8.79. The van der Waals surface area contributed by atoms with E-state index in [1.807, 2.05) is 19.9 Å². The zero-order valence-electron chi connectivity index (χ0n) is 11.3. The van der Waals surface area contributed by atoms with Crippen molar-refractivity contribution in [1.82, 2.24) is 5.16 Å². The molecule has 0 unspecified atom stereocenters. The number of hydrogen-bond acceptors (Lipinski definition) is 5. The molecule has 0 aliphatic carbocycles. The van der Waals surface area contributed by atoms with Gasteiger partial charge >= 0.3 is 0 Å². The first-order valence-electron chi connectivity index (χ1n) is 6.31. The molecule has 0 spiro atoms. The molecule has 0 fully saturated rings. The molecular weight excluding hydrogens is 258 g/mol. The Labute approximate surface area is 116 Å². The van der Waals surface area contributed by atoms with E-state index in [4.69, 9.17) is 15.0 Å². The second kappa shape index (κ2) is 4.56. The number of anilines is 2. The van der Waals surface area contributed by atoms with E-state index in [0.29, 0.717) is 29.4 Å². The quantitative estimate of drug-likeness (QED) is 0.844. The van der Waals surface area contributed by atoms with E-state index < -0.39 is 0 Å². The van der Waals surface area contributed by atoms with Crippen LogP contribution in [0.1, 0.15) is 17.0 Å². The van der Waals surface area contributed by atoms with Crippen LogP contribution in [-0.2, 0) is 11.3 Å². The number of benzene rings is 1. The predicted octanol–water partition coefficient (Wildman–Crippen LogP) is 1.80. The lowest BCUT2D eigenvalue weighted by Gasteiger charge is -2.30. The molecule has 0 saturated heterocycles. The molecule has 6 nitrogen and oxygen atoms in total. The molecule has 104 valence electrons. The van der Waals surface area contributed by atoms with E-state index in [1.54, 1.807) is 17.0 Å². The largest absolute Gasteiger partial charge is 0.479 e. The highest BCUT2D eigenvalue weighted by atomic mass is 16.5. The van der Waals surface area contributed by atoms with Crippen LogP contribution in [0, 0.1) is 13.8 Å². The third kappa shape index (κ3) is 1.89. The number of para-hydroxylation sites is 1. The number of nitrogen functional groups attached to an aromatic ring is 1. The second-order valence-electron chi connectivity index (χ2n) is 4.77. The van der Waals surface area contributed by atoms with Crippen molar-refractivity contribution >= 4 is 17.3 Å². The Hall–Kier alpha value is -2.50. The summed E-state index contributed by atoms with van der Waals surface area (Å²) in [7, 11) is 0. The minimum absolute atomic E-state index is 0.00934. The number of carbonyl (C=O) groups excluding carboxylic acids is 1. The zero-order valence-corrected chi connectivity index (χ0v) is 11.3. The average molecular weight is 273 g/mol. The molecule has 2 N–H and O–H groups in total. The number of rotatable bonds is 2. The SMILES string of the molecule is Cc1noc(C)c1CN1C(=O)COc2c(N)cccc21. The first kappa shape index (κ1) is 12.5. The number of fused-ring (bicyclic) bond motifs is 1. The number of aryl methyl sites for hydroxylation is 2. The van der Waals surface area contributed by atoms with Crippen LogP contribution >= 0.6 is 0 Å². The van der Waals surface area contributed by atoms with Crippen LogP contribution in [0.4, 0.5) is 11.4 Å². The highest BCUT2D eigenvalue weighted by molar-refractivity contribution is 5.99. The van der Waals surface area contributed by atoms with Gasteiger partial charge in [-0.25, -0.2) is 0 Å². The summed E-state index contributed by atoms with van der Waals surface area (Å²) in [5, 5.41) is 3.91. The third-order valence-electron chi connectivity index (χ3n) is 3.45. The van der Waals surface area contributed by atoms with Crippen molar-refractivity contribution in [2.75, 3.05) is 17.2 Å². The van der Waals surface area contributed by atoms with Crippen molar-refractivity contribution in [3.05, 3.63) is 35.2 Å². The lowest BCUT2D eigenvalue weighted by Crippen LogP contribution is -2.38. The van der Waals surface area contributed by atoms with Crippen LogP contribution in [0.25, 0.3) is 0 Å². The topological polar surface area (TPSA) is 81.6 Å². The summed E-state index contributed by atoms with van der Waals surface area (Å²) >= 11 is 0. The highest BCUT2D eigenvalue weighted by Gasteiger charge is 2.28. The maximum atomic E-state index is 12.1. The van der Waals surface area contributed by atoms with Gasteiger partial charge in [0.05, 0.1) is 23.6 Å². The number of hydrogen-bond donors (Lipinski definition) is 1. The van der Waals surface area contributed by atoms with Crippen molar-refractivity contribution in [2.24, 2.45) is 0 Å². The zero-order chi connectivity index (χ0) is 14.3. The van der Waals surface area contributed by atoms with Gasteiger partial charge in [0.1, 0.15) is 5.76 Å². The Bertz CT molecular complexity index is 659. The molecule has 3 rings (SSSR count). The van der Waals surface area contributed by atoms with Gasteiger partial charge in [-0.2, -0.15) is 0 Å². The first-order chi connectivity index (χ1) is 9.58. The van der Waals surface area contributed by atoms with Crippen LogP contribution in [-0.4, -0.2) is 17.7 Å². The van der Waals surface area contributed by atoms with Gasteiger partial charge in [-0.3, -0.25) is 4.79 Å². The Morgan fingerprint density at radius 3 is 2.90 bits per heavy atom. The van der Waals surface area contributed by atoms with Crippen LogP contribution < -0.4 is 15.4 Å². The maximum Gasteiger partial charge on any atom is 0.265 e. The molecule has 0 bridgehead atoms. The molecule has 20 heavy (non-hydrogen) atoms. The van der Waals surface area contributed by atoms with Gasteiger partial charge in [0.15, 0.2) is 12.4 Å². The van der Waals surface area contributed by atoms with E-state index in [-0.39, 0.29) is 12.5 Å². The molecule has 1 aromatic heterocycles. The summed E-state index contributed by atoms with van der Waals surface area (Å²) in [6, 6.07) is 5.38. The molecule has 1 aliphatic heterocycles. The fraction of sp³-hybridized carbons (Fsp3) is 0.286. The minimum atomic E-state index is -0.108. The highest BCUT2D eigenvalue weighted by Crippen LogP contribution is 2.38. The molecule has 0 atom stereocenters. The Kier molecular flexibility index (Phi) is 2.85. The van der Waals surface area contributed by atoms with E-state index in [0.717, 1.165) is 11.3 Å². The standard InChI is InChI=1S/C14H15N3O3/c1-8-10(9(2)20-16-8)6-17-12-5-3-4-11(15)14(12)19-7-13(17)18/h3-5H,6-7,15H2,1-2H3. The molecule has 0 radical (unpaired) electrons. The fourth-order valence-corrected chi connectivity index (χ4v) is 2.32. The van der Waals surface area contributed by atoms with Crippen LogP contribution in [0.2, 0.25) is 0 Å². The number of amides is 1. The van der Waals surface area contributed by atoms with Gasteiger partial charge in [-0.05, 0) is 26.0 Å². The minimum Gasteiger partial charge on any atom is -0.479 e. The van der Waals surface area contributed by atoms with Crippen molar-refractivity contribution in [3.63, 3.8) is 0 Å². The van der Waals surface area contributed by atoms with Crippen molar-refractivity contribution in [3.8, 4) is 5.75 Å². The van der Waals surface area contributed by atoms with E-state index >= 15 is 0 Å². The van der Waals surface area contributed by atoms with Gasteiger partial charge < -0.3 is 19.9 Å². The van der Waals surface area contributed by atoms with E-state index in [9.17, 15) is 4.79 Å². The van der Waals surface area contributed by atoms with Gasteiger partial charge in [0.25, 0.3) is 5.91 Å². The maximum absolute atomic E-state index is 12.1. The average Bonchev–Trinajstić information content (AvgIpc) is 2.73. The Morgan fingerprint density at radius 1 is 1.40 bits per heavy atom. The summed E-state index contributed by atoms with van der Waals surface area (Å²) in [4.78, 5) is 13.8. The third-order valence-corrected chi connectivity index (χ3v) is 3.45. The molecule has 0 saturated carbocycles. The normalized spacial score (nSPS) is 14.1. The van der Waals surface area contributed by atoms with Gasteiger partial charge in [0.2, 0.25) is 0 Å². The van der Waals surface area contributed by atoms with E-state index in [1.165, 1.54) is 0 Å². The van der Waals surface area contributed by atoms with Gasteiger partial charge in [0, 0.05) is 5.56 Å². The smallest absolute Gasteiger partial charge is 0.265 e. The van der Waals surface area contributed by atoms with Crippen molar-refractivity contribution in [2.45, 2.75) is 20.4 Å². The second-order valence-corrected chi connectivity index (χ2v) is 4.77. The number of nitrogens with zero attached hydrogens (tertiary/aromatic N) is 2.